The van der Waals surface area contributed by atoms with Crippen LogP contribution in [0.4, 0.5) is 5.82 Å². The van der Waals surface area contributed by atoms with Crippen molar-refractivity contribution in [2.24, 2.45) is 0 Å². The van der Waals surface area contributed by atoms with Crippen molar-refractivity contribution in [3.8, 4) is 11.6 Å². The predicted molar refractivity (Wildman–Crippen MR) is 75.8 cm³/mol. The summed E-state index contributed by atoms with van der Waals surface area (Å²) in [5, 5.41) is 4.25. The Labute approximate surface area is 118 Å². The molecular weight excluding hydrogens is 254 g/mol. The van der Waals surface area contributed by atoms with E-state index >= 15 is 0 Å². The van der Waals surface area contributed by atoms with Crippen LogP contribution in [0, 0.1) is 6.92 Å². The third-order valence-corrected chi connectivity index (χ3v) is 3.42. The number of ether oxygens (including phenoxy) is 1. The van der Waals surface area contributed by atoms with E-state index in [2.05, 4.69) is 28.9 Å². The van der Waals surface area contributed by atoms with Crippen LogP contribution in [0.3, 0.4) is 0 Å². The molecule has 2 aromatic rings. The first-order chi connectivity index (χ1) is 9.54. The van der Waals surface area contributed by atoms with Crippen LogP contribution in [0.5, 0.6) is 11.6 Å². The number of aromatic nitrogens is 4. The number of hydrogen-bond acceptors (Lipinski definition) is 5. The molecule has 0 bridgehead atoms. The SMILES string of the molecule is Cc1c(N)nc(C2CC2)nc1Oc1cnn(C(C)C)c1. The molecule has 6 heteroatoms. The third kappa shape index (κ3) is 2.45. The summed E-state index contributed by atoms with van der Waals surface area (Å²) in [6.07, 6.45) is 5.81. The van der Waals surface area contributed by atoms with Crippen molar-refractivity contribution >= 4 is 5.82 Å². The van der Waals surface area contributed by atoms with Gasteiger partial charge in [-0.1, -0.05) is 0 Å². The van der Waals surface area contributed by atoms with Gasteiger partial charge < -0.3 is 10.5 Å². The molecule has 0 spiro atoms. The van der Waals surface area contributed by atoms with Crippen molar-refractivity contribution in [1.29, 1.82) is 0 Å². The third-order valence-electron chi connectivity index (χ3n) is 3.42. The molecule has 2 aromatic heterocycles. The number of anilines is 1. The maximum absolute atomic E-state index is 5.94. The molecule has 1 aliphatic carbocycles. The van der Waals surface area contributed by atoms with Gasteiger partial charge in [0.2, 0.25) is 5.88 Å². The minimum absolute atomic E-state index is 0.297. The van der Waals surface area contributed by atoms with Crippen LogP contribution in [0.2, 0.25) is 0 Å². The highest BCUT2D eigenvalue weighted by molar-refractivity contribution is 5.46. The van der Waals surface area contributed by atoms with Crippen molar-refractivity contribution in [3.63, 3.8) is 0 Å². The van der Waals surface area contributed by atoms with E-state index in [4.69, 9.17) is 10.5 Å². The number of nitrogens with zero attached hydrogens (tertiary/aromatic N) is 4. The van der Waals surface area contributed by atoms with Gasteiger partial charge in [-0.2, -0.15) is 10.1 Å². The van der Waals surface area contributed by atoms with E-state index in [0.717, 1.165) is 24.2 Å². The van der Waals surface area contributed by atoms with Gasteiger partial charge in [0, 0.05) is 12.0 Å². The van der Waals surface area contributed by atoms with Crippen LogP contribution in [0.25, 0.3) is 0 Å². The Balaban J connectivity index is 1.88. The van der Waals surface area contributed by atoms with Gasteiger partial charge in [-0.15, -0.1) is 0 Å². The first kappa shape index (κ1) is 12.9. The Bertz CT molecular complexity index is 630. The fourth-order valence-corrected chi connectivity index (χ4v) is 1.92. The summed E-state index contributed by atoms with van der Waals surface area (Å²) in [6.45, 7) is 6.00. The Morgan fingerprint density at radius 2 is 2.10 bits per heavy atom. The zero-order valence-corrected chi connectivity index (χ0v) is 12.0. The summed E-state index contributed by atoms with van der Waals surface area (Å²) >= 11 is 0. The van der Waals surface area contributed by atoms with Gasteiger partial charge in [0.15, 0.2) is 5.75 Å². The highest BCUT2D eigenvalue weighted by Crippen LogP contribution is 2.40. The van der Waals surface area contributed by atoms with Gasteiger partial charge in [0.25, 0.3) is 0 Å². The minimum atomic E-state index is 0.297. The Morgan fingerprint density at radius 1 is 1.35 bits per heavy atom. The van der Waals surface area contributed by atoms with Gasteiger partial charge in [-0.05, 0) is 33.6 Å². The molecule has 2 N–H and O–H groups in total. The molecule has 2 heterocycles. The summed E-state index contributed by atoms with van der Waals surface area (Å²) < 4.78 is 7.67. The van der Waals surface area contributed by atoms with E-state index in [1.165, 1.54) is 0 Å². The smallest absolute Gasteiger partial charge is 0.227 e. The average Bonchev–Trinajstić information content (AvgIpc) is 3.14. The molecule has 0 aliphatic heterocycles. The molecule has 0 amide bonds. The fraction of sp³-hybridized carbons (Fsp3) is 0.500. The predicted octanol–water partition coefficient (Wildman–Crippen LogP) is 2.81. The standard InChI is InChI=1S/C14H19N5O/c1-8(2)19-7-11(6-16-19)20-14-9(3)12(15)17-13(18-14)10-4-5-10/h6-8,10H,4-5H2,1-3H3,(H2,15,17,18). The average molecular weight is 273 g/mol. The Hall–Kier alpha value is -2.11. The van der Waals surface area contributed by atoms with Crippen LogP contribution in [-0.4, -0.2) is 19.7 Å². The monoisotopic (exact) mass is 273 g/mol. The molecule has 0 saturated heterocycles. The number of nitrogens with two attached hydrogens (primary N) is 1. The Kier molecular flexibility index (Phi) is 3.08. The maximum Gasteiger partial charge on any atom is 0.227 e. The molecule has 0 unspecified atom stereocenters. The van der Waals surface area contributed by atoms with Gasteiger partial charge in [-0.25, -0.2) is 4.98 Å². The molecule has 3 rings (SSSR count). The first-order valence-corrected chi connectivity index (χ1v) is 6.90. The molecular formula is C14H19N5O. The summed E-state index contributed by atoms with van der Waals surface area (Å²) in [7, 11) is 0. The fourth-order valence-electron chi connectivity index (χ4n) is 1.92. The number of rotatable bonds is 4. The second-order valence-corrected chi connectivity index (χ2v) is 5.52. The van der Waals surface area contributed by atoms with Gasteiger partial charge >= 0.3 is 0 Å². The first-order valence-electron chi connectivity index (χ1n) is 6.90. The van der Waals surface area contributed by atoms with Gasteiger partial charge in [-0.3, -0.25) is 4.68 Å². The second-order valence-electron chi connectivity index (χ2n) is 5.52. The number of hydrogen-bond donors (Lipinski definition) is 1. The zero-order chi connectivity index (χ0) is 14.3. The molecule has 0 aromatic carbocycles. The van der Waals surface area contributed by atoms with Crippen LogP contribution in [0.15, 0.2) is 12.4 Å². The van der Waals surface area contributed by atoms with Gasteiger partial charge in [0.1, 0.15) is 11.6 Å². The van der Waals surface area contributed by atoms with Crippen molar-refractivity contribution in [3.05, 3.63) is 23.8 Å². The lowest BCUT2D eigenvalue weighted by Crippen LogP contribution is -2.04. The second kappa shape index (κ2) is 4.77. The lowest BCUT2D eigenvalue weighted by molar-refractivity contribution is 0.451. The van der Waals surface area contributed by atoms with Gasteiger partial charge in [0.05, 0.1) is 18.0 Å². The molecule has 1 fully saturated rings. The van der Waals surface area contributed by atoms with Crippen molar-refractivity contribution in [2.45, 2.75) is 45.6 Å². The lowest BCUT2D eigenvalue weighted by atomic mass is 10.3. The van der Waals surface area contributed by atoms with Crippen molar-refractivity contribution in [2.75, 3.05) is 5.73 Å². The van der Waals surface area contributed by atoms with Crippen LogP contribution in [0.1, 0.15) is 50.0 Å². The molecule has 1 aliphatic rings. The largest absolute Gasteiger partial charge is 0.435 e. The topological polar surface area (TPSA) is 78.8 Å². The molecule has 0 atom stereocenters. The van der Waals surface area contributed by atoms with Crippen molar-refractivity contribution in [1.82, 2.24) is 19.7 Å². The Morgan fingerprint density at radius 3 is 2.70 bits per heavy atom. The van der Waals surface area contributed by atoms with Crippen LogP contribution < -0.4 is 10.5 Å². The molecule has 20 heavy (non-hydrogen) atoms. The lowest BCUT2D eigenvalue weighted by Gasteiger charge is -2.09. The van der Waals surface area contributed by atoms with E-state index in [-0.39, 0.29) is 0 Å². The van der Waals surface area contributed by atoms with E-state index in [1.807, 2.05) is 17.8 Å². The van der Waals surface area contributed by atoms with E-state index in [9.17, 15) is 0 Å². The minimum Gasteiger partial charge on any atom is -0.435 e. The molecule has 6 nitrogen and oxygen atoms in total. The van der Waals surface area contributed by atoms with Crippen LogP contribution in [-0.2, 0) is 0 Å². The summed E-state index contributed by atoms with van der Waals surface area (Å²) in [5.74, 6) is 2.93. The quantitative estimate of drug-likeness (QED) is 0.926. The summed E-state index contributed by atoms with van der Waals surface area (Å²) in [6, 6.07) is 0.297. The number of nitrogen functional groups attached to an aromatic ring is 1. The summed E-state index contributed by atoms with van der Waals surface area (Å²) in [4.78, 5) is 8.83. The highest BCUT2D eigenvalue weighted by Gasteiger charge is 2.28. The zero-order valence-electron chi connectivity index (χ0n) is 12.0. The molecule has 1 saturated carbocycles. The highest BCUT2D eigenvalue weighted by atomic mass is 16.5. The van der Waals surface area contributed by atoms with Crippen LogP contribution >= 0.6 is 0 Å². The summed E-state index contributed by atoms with van der Waals surface area (Å²) in [5.41, 5.74) is 6.71. The van der Waals surface area contributed by atoms with E-state index in [1.54, 1.807) is 6.20 Å². The maximum atomic E-state index is 5.94. The van der Waals surface area contributed by atoms with E-state index in [0.29, 0.717) is 29.4 Å². The normalized spacial score (nSPS) is 14.8. The molecule has 0 radical (unpaired) electrons. The van der Waals surface area contributed by atoms with Crippen molar-refractivity contribution < 1.29 is 4.74 Å². The molecule has 106 valence electrons. The van der Waals surface area contributed by atoms with E-state index < -0.39 is 0 Å².